The van der Waals surface area contributed by atoms with Crippen molar-refractivity contribution in [3.05, 3.63) is 0 Å². The molecule has 0 aromatic rings. The van der Waals surface area contributed by atoms with Gasteiger partial charge >= 0.3 is 0 Å². The highest BCUT2D eigenvalue weighted by Gasteiger charge is 2.67. The molecule has 1 amide bonds. The summed E-state index contributed by atoms with van der Waals surface area (Å²) in [4.78, 5) is 11.9. The number of carbonyl (C=O) groups excluding carboxylic acids is 1. The van der Waals surface area contributed by atoms with Crippen LogP contribution >= 0.6 is 0 Å². The fraction of sp³-hybridized carbons (Fsp3) is 0.917. The van der Waals surface area contributed by atoms with Crippen molar-refractivity contribution in [2.45, 2.75) is 32.2 Å². The first kappa shape index (κ1) is 9.64. The molecule has 0 aliphatic heterocycles. The summed E-state index contributed by atoms with van der Waals surface area (Å²) in [5, 5.41) is 2.98. The average Bonchev–Trinajstić information content (AvgIpc) is 2.64. The molecule has 5 unspecified atom stereocenters. The second kappa shape index (κ2) is 3.21. The Labute approximate surface area is 90.8 Å². The Morgan fingerprint density at radius 2 is 2.00 bits per heavy atom. The monoisotopic (exact) mass is 208 g/mol. The smallest absolute Gasteiger partial charge is 0.223 e. The highest BCUT2D eigenvalue weighted by atomic mass is 16.2. The molecule has 15 heavy (non-hydrogen) atoms. The first-order valence-electron chi connectivity index (χ1n) is 6.21. The summed E-state index contributed by atoms with van der Waals surface area (Å²) in [6.45, 7) is 2.56. The van der Waals surface area contributed by atoms with Crippen LogP contribution in [0.1, 0.15) is 26.2 Å². The minimum absolute atomic E-state index is 0.0734. The summed E-state index contributed by atoms with van der Waals surface area (Å²) in [6, 6.07) is 0.0734. The lowest BCUT2D eigenvalue weighted by atomic mass is 10.0. The molecule has 3 aliphatic rings. The van der Waals surface area contributed by atoms with Crippen molar-refractivity contribution in [1.29, 1.82) is 0 Å². The van der Waals surface area contributed by atoms with Crippen LogP contribution in [0.4, 0.5) is 0 Å². The highest BCUT2D eigenvalue weighted by molar-refractivity contribution is 5.82. The summed E-state index contributed by atoms with van der Waals surface area (Å²) in [6.07, 6.45) is 4.16. The molecule has 0 aromatic carbocycles. The number of hydrogen-bond acceptors (Lipinski definition) is 2. The summed E-state index contributed by atoms with van der Waals surface area (Å²) < 4.78 is 0. The van der Waals surface area contributed by atoms with E-state index in [4.69, 9.17) is 5.73 Å². The molecule has 0 radical (unpaired) electrons. The molecule has 0 saturated heterocycles. The number of fused-ring (bicyclic) bond motifs is 5. The third-order valence-electron chi connectivity index (χ3n) is 4.64. The maximum atomic E-state index is 11.9. The van der Waals surface area contributed by atoms with Crippen molar-refractivity contribution in [3.63, 3.8) is 0 Å². The van der Waals surface area contributed by atoms with E-state index in [0.717, 1.165) is 23.7 Å². The molecule has 84 valence electrons. The normalized spacial score (nSPS) is 47.5. The molecule has 0 spiro atoms. The molecule has 0 heterocycles. The van der Waals surface area contributed by atoms with Crippen molar-refractivity contribution in [2.75, 3.05) is 6.54 Å². The molecular weight excluding hydrogens is 188 g/mol. The first-order valence-corrected chi connectivity index (χ1v) is 6.21. The van der Waals surface area contributed by atoms with Crippen LogP contribution in [-0.4, -0.2) is 18.5 Å². The van der Waals surface area contributed by atoms with Crippen LogP contribution in [0.3, 0.4) is 0 Å². The average molecular weight is 208 g/mol. The van der Waals surface area contributed by atoms with Gasteiger partial charge in [-0.15, -0.1) is 0 Å². The molecule has 3 heteroatoms. The second-order valence-corrected chi connectivity index (χ2v) is 5.74. The third-order valence-corrected chi connectivity index (χ3v) is 4.64. The van der Waals surface area contributed by atoms with Gasteiger partial charge in [0.1, 0.15) is 0 Å². The lowest BCUT2D eigenvalue weighted by Crippen LogP contribution is -2.36. The van der Waals surface area contributed by atoms with Crippen molar-refractivity contribution in [2.24, 2.45) is 35.3 Å². The number of carbonyl (C=O) groups is 1. The molecule has 2 bridgehead atoms. The van der Waals surface area contributed by atoms with E-state index in [1.807, 2.05) is 6.92 Å². The number of rotatable bonds is 3. The Morgan fingerprint density at radius 1 is 1.40 bits per heavy atom. The van der Waals surface area contributed by atoms with Gasteiger partial charge in [0.25, 0.3) is 0 Å². The van der Waals surface area contributed by atoms with E-state index in [0.29, 0.717) is 12.5 Å². The number of hydrogen-bond donors (Lipinski definition) is 2. The van der Waals surface area contributed by atoms with Crippen molar-refractivity contribution >= 4 is 5.91 Å². The molecule has 3 nitrogen and oxygen atoms in total. The van der Waals surface area contributed by atoms with Gasteiger partial charge in [0, 0.05) is 18.5 Å². The fourth-order valence-corrected chi connectivity index (χ4v) is 4.06. The van der Waals surface area contributed by atoms with Crippen LogP contribution in [0.2, 0.25) is 0 Å². The zero-order chi connectivity index (χ0) is 10.6. The minimum Gasteiger partial charge on any atom is -0.354 e. The van der Waals surface area contributed by atoms with Gasteiger partial charge in [-0.1, -0.05) is 0 Å². The predicted octanol–water partition coefficient (Wildman–Crippen LogP) is 0.742. The summed E-state index contributed by atoms with van der Waals surface area (Å²) in [7, 11) is 0. The standard InChI is InChI=1S/C12H20N2O/c1-6(13)5-14-12(15)11-9-7-2-3-8(4-7)10(9)11/h6-11H,2-5,13H2,1H3,(H,14,15). The van der Waals surface area contributed by atoms with Crippen molar-refractivity contribution < 1.29 is 4.79 Å². The van der Waals surface area contributed by atoms with Gasteiger partial charge in [-0.05, 0) is 49.9 Å². The van der Waals surface area contributed by atoms with Crippen LogP contribution in [-0.2, 0) is 4.79 Å². The highest BCUT2D eigenvalue weighted by Crippen LogP contribution is 2.69. The van der Waals surface area contributed by atoms with Crippen LogP contribution in [0.25, 0.3) is 0 Å². The maximum Gasteiger partial charge on any atom is 0.223 e. The van der Waals surface area contributed by atoms with Gasteiger partial charge in [0.2, 0.25) is 5.91 Å². The number of amides is 1. The third kappa shape index (κ3) is 1.40. The Balaban J connectivity index is 1.56. The van der Waals surface area contributed by atoms with E-state index in [9.17, 15) is 4.79 Å². The minimum atomic E-state index is 0.0734. The van der Waals surface area contributed by atoms with Crippen LogP contribution in [0.5, 0.6) is 0 Å². The summed E-state index contributed by atoms with van der Waals surface area (Å²) in [5.41, 5.74) is 5.63. The second-order valence-electron chi connectivity index (χ2n) is 5.74. The van der Waals surface area contributed by atoms with Gasteiger partial charge in [0.15, 0.2) is 0 Å². The largest absolute Gasteiger partial charge is 0.354 e. The molecule has 3 fully saturated rings. The Bertz CT molecular complexity index is 273. The van der Waals surface area contributed by atoms with Gasteiger partial charge < -0.3 is 11.1 Å². The molecule has 3 saturated carbocycles. The quantitative estimate of drug-likeness (QED) is 0.719. The Hall–Kier alpha value is -0.570. The number of nitrogens with two attached hydrogens (primary N) is 1. The Kier molecular flexibility index (Phi) is 2.06. The fourth-order valence-electron chi connectivity index (χ4n) is 4.06. The molecule has 3 aliphatic carbocycles. The zero-order valence-corrected chi connectivity index (χ0v) is 9.28. The van der Waals surface area contributed by atoms with E-state index in [1.165, 1.54) is 19.3 Å². The summed E-state index contributed by atoms with van der Waals surface area (Å²) >= 11 is 0. The van der Waals surface area contributed by atoms with Crippen LogP contribution < -0.4 is 11.1 Å². The maximum absolute atomic E-state index is 11.9. The van der Waals surface area contributed by atoms with Crippen LogP contribution in [0.15, 0.2) is 0 Å². The van der Waals surface area contributed by atoms with E-state index >= 15 is 0 Å². The van der Waals surface area contributed by atoms with Gasteiger partial charge in [-0.3, -0.25) is 4.79 Å². The van der Waals surface area contributed by atoms with Gasteiger partial charge in [-0.25, -0.2) is 0 Å². The molecule has 0 aromatic heterocycles. The molecule has 5 atom stereocenters. The first-order chi connectivity index (χ1) is 7.18. The van der Waals surface area contributed by atoms with Crippen LogP contribution in [0, 0.1) is 29.6 Å². The molecule has 3 N–H and O–H groups in total. The lowest BCUT2D eigenvalue weighted by molar-refractivity contribution is -0.123. The van der Waals surface area contributed by atoms with E-state index < -0.39 is 0 Å². The van der Waals surface area contributed by atoms with E-state index in [-0.39, 0.29) is 11.9 Å². The van der Waals surface area contributed by atoms with Crippen molar-refractivity contribution in [1.82, 2.24) is 5.32 Å². The molecular formula is C12H20N2O. The van der Waals surface area contributed by atoms with E-state index in [2.05, 4.69) is 5.32 Å². The van der Waals surface area contributed by atoms with E-state index in [1.54, 1.807) is 0 Å². The van der Waals surface area contributed by atoms with Gasteiger partial charge in [0.05, 0.1) is 0 Å². The Morgan fingerprint density at radius 3 is 2.53 bits per heavy atom. The molecule has 3 rings (SSSR count). The number of nitrogens with one attached hydrogen (secondary N) is 1. The predicted molar refractivity (Wildman–Crippen MR) is 58.0 cm³/mol. The zero-order valence-electron chi connectivity index (χ0n) is 9.28. The SMILES string of the molecule is CC(N)CNC(=O)C1C2C3CCC(C3)C12. The topological polar surface area (TPSA) is 55.1 Å². The summed E-state index contributed by atoms with van der Waals surface area (Å²) in [5.74, 6) is 3.89. The van der Waals surface area contributed by atoms with Crippen molar-refractivity contribution in [3.8, 4) is 0 Å². The lowest BCUT2D eigenvalue weighted by Gasteiger charge is -2.10. The van der Waals surface area contributed by atoms with Gasteiger partial charge in [-0.2, -0.15) is 0 Å².